The lowest BCUT2D eigenvalue weighted by molar-refractivity contribution is -0.385. The fourth-order valence-electron chi connectivity index (χ4n) is 3.48. The lowest BCUT2D eigenvalue weighted by Gasteiger charge is -2.22. The fraction of sp³-hybridized carbons (Fsp3) is 0.462. The van der Waals surface area contributed by atoms with Crippen molar-refractivity contribution in [1.82, 2.24) is 4.90 Å². The summed E-state index contributed by atoms with van der Waals surface area (Å²) in [6.07, 6.45) is -6.09. The van der Waals surface area contributed by atoms with Crippen LogP contribution in [-0.2, 0) is 20.7 Å². The van der Waals surface area contributed by atoms with Crippen LogP contribution in [0.15, 0.2) is 42.5 Å². The Labute approximate surface area is 228 Å². The van der Waals surface area contributed by atoms with Crippen molar-refractivity contribution >= 4 is 17.7 Å². The quantitative estimate of drug-likeness (QED) is 0.171. The van der Waals surface area contributed by atoms with E-state index in [1.54, 1.807) is 31.2 Å². The minimum absolute atomic E-state index is 0.0113. The van der Waals surface area contributed by atoms with Crippen LogP contribution in [0.4, 0.5) is 23.7 Å². The van der Waals surface area contributed by atoms with Gasteiger partial charge in [-0.15, -0.1) is 0 Å². The van der Waals surface area contributed by atoms with Gasteiger partial charge in [-0.2, -0.15) is 13.2 Å². The second-order valence-electron chi connectivity index (χ2n) is 8.56. The zero-order chi connectivity index (χ0) is 29.7. The van der Waals surface area contributed by atoms with Crippen LogP contribution >= 0.6 is 0 Å². The highest BCUT2D eigenvalue weighted by Gasteiger charge is 2.27. The number of carbonyl (C=O) groups is 2. The molecular weight excluding hydrogens is 541 g/mol. The fourth-order valence-corrected chi connectivity index (χ4v) is 3.48. The second kappa shape index (κ2) is 15.6. The molecule has 2 aromatic rings. The van der Waals surface area contributed by atoms with E-state index in [9.17, 15) is 38.0 Å². The smallest absolute Gasteiger partial charge is 0.415 e. The molecule has 2 rings (SSSR count). The molecule has 0 aliphatic rings. The minimum atomic E-state index is -4.47. The third-order valence-electron chi connectivity index (χ3n) is 5.44. The number of amides is 1. The van der Waals surface area contributed by atoms with E-state index in [0.29, 0.717) is 16.9 Å². The lowest BCUT2D eigenvalue weighted by atomic mass is 10.1. The monoisotopic (exact) mass is 572 g/mol. The third-order valence-corrected chi connectivity index (χ3v) is 5.44. The van der Waals surface area contributed by atoms with Crippen molar-refractivity contribution in [2.24, 2.45) is 0 Å². The Bertz CT molecular complexity index is 1130. The Morgan fingerprint density at radius 2 is 1.75 bits per heavy atom. The van der Waals surface area contributed by atoms with Crippen LogP contribution < -0.4 is 9.47 Å². The number of nitro benzene ring substituents is 1. The van der Waals surface area contributed by atoms with E-state index in [4.69, 9.17) is 14.2 Å². The molecule has 0 aliphatic heterocycles. The maximum absolute atomic E-state index is 12.8. The number of nitrogens with zero attached hydrogens (tertiary/aromatic N) is 2. The van der Waals surface area contributed by atoms with Crippen molar-refractivity contribution in [2.45, 2.75) is 39.0 Å². The van der Waals surface area contributed by atoms with Crippen LogP contribution in [0, 0.1) is 17.0 Å². The highest BCUT2D eigenvalue weighted by atomic mass is 19.4. The molecule has 1 amide bonds. The molecule has 1 N–H and O–H groups in total. The standard InChI is InChI=1S/C26H31F3N2O9/c1-3-38-23(24(32)33)15-19-6-9-20(10-7-19)39-14-12-30(11-4-13-37-17-26(27,28)29)25(34)40-21-8-5-18(2)22(16-21)31(35)36/h5-10,16,23H,3-4,11-15,17H2,1-2H3,(H,32,33). The molecular formula is C26H31F3N2O9. The number of carboxylic acids is 1. The summed E-state index contributed by atoms with van der Waals surface area (Å²) in [4.78, 5) is 35.8. The number of hydrogen-bond donors (Lipinski definition) is 1. The topological polar surface area (TPSA) is 138 Å². The van der Waals surface area contributed by atoms with E-state index < -0.39 is 35.9 Å². The van der Waals surface area contributed by atoms with Crippen LogP contribution in [0.25, 0.3) is 0 Å². The third kappa shape index (κ3) is 11.5. The van der Waals surface area contributed by atoms with Crippen molar-refractivity contribution in [1.29, 1.82) is 0 Å². The maximum Gasteiger partial charge on any atom is 0.415 e. The summed E-state index contributed by atoms with van der Waals surface area (Å²) in [6, 6.07) is 10.5. The van der Waals surface area contributed by atoms with Gasteiger partial charge in [0.2, 0.25) is 0 Å². The molecule has 40 heavy (non-hydrogen) atoms. The first-order chi connectivity index (χ1) is 18.9. The number of rotatable bonds is 16. The van der Waals surface area contributed by atoms with E-state index in [1.165, 1.54) is 24.0 Å². The van der Waals surface area contributed by atoms with Crippen LogP contribution in [0.3, 0.4) is 0 Å². The Balaban J connectivity index is 1.99. The molecule has 0 bridgehead atoms. The van der Waals surface area contributed by atoms with E-state index >= 15 is 0 Å². The van der Waals surface area contributed by atoms with Crippen LogP contribution in [0.5, 0.6) is 11.5 Å². The van der Waals surface area contributed by atoms with Gasteiger partial charge in [0.15, 0.2) is 6.10 Å². The van der Waals surface area contributed by atoms with Gasteiger partial charge in [0.1, 0.15) is 24.7 Å². The molecule has 0 saturated heterocycles. The van der Waals surface area contributed by atoms with Crippen molar-refractivity contribution in [3.8, 4) is 11.5 Å². The molecule has 1 atom stereocenters. The van der Waals surface area contributed by atoms with Crippen molar-refractivity contribution in [3.63, 3.8) is 0 Å². The van der Waals surface area contributed by atoms with E-state index in [-0.39, 0.29) is 57.2 Å². The summed E-state index contributed by atoms with van der Waals surface area (Å²) in [5.74, 6) is -0.704. The molecule has 2 aromatic carbocycles. The predicted molar refractivity (Wildman–Crippen MR) is 136 cm³/mol. The number of hydrogen-bond acceptors (Lipinski definition) is 8. The number of carbonyl (C=O) groups excluding carboxylic acids is 1. The van der Waals surface area contributed by atoms with E-state index in [0.717, 1.165) is 6.07 Å². The molecule has 0 saturated carbocycles. The molecule has 1 unspecified atom stereocenters. The lowest BCUT2D eigenvalue weighted by Crippen LogP contribution is -2.38. The Kier molecular flexibility index (Phi) is 12.6. The predicted octanol–water partition coefficient (Wildman–Crippen LogP) is 4.78. The molecule has 0 spiro atoms. The summed E-state index contributed by atoms with van der Waals surface area (Å²) in [6.45, 7) is 1.76. The van der Waals surface area contributed by atoms with Gasteiger partial charge in [-0.05, 0) is 50.1 Å². The summed E-state index contributed by atoms with van der Waals surface area (Å²) in [7, 11) is 0. The van der Waals surface area contributed by atoms with Gasteiger partial charge < -0.3 is 29.0 Å². The van der Waals surface area contributed by atoms with Gasteiger partial charge in [-0.3, -0.25) is 10.1 Å². The Morgan fingerprint density at radius 3 is 2.35 bits per heavy atom. The molecule has 11 nitrogen and oxygen atoms in total. The van der Waals surface area contributed by atoms with Crippen LogP contribution in [0.1, 0.15) is 24.5 Å². The van der Waals surface area contributed by atoms with Gasteiger partial charge in [0, 0.05) is 31.7 Å². The van der Waals surface area contributed by atoms with Crippen LogP contribution in [-0.4, -0.2) is 78.8 Å². The minimum Gasteiger partial charge on any atom is -0.492 e. The number of halogens is 3. The summed E-state index contributed by atoms with van der Waals surface area (Å²) >= 11 is 0. The molecule has 220 valence electrons. The second-order valence-corrected chi connectivity index (χ2v) is 8.56. The first kappa shape index (κ1) is 32.3. The zero-order valence-corrected chi connectivity index (χ0v) is 22.0. The number of aryl methyl sites for hydroxylation is 1. The molecule has 0 aromatic heterocycles. The van der Waals surface area contributed by atoms with E-state index in [1.807, 2.05) is 0 Å². The van der Waals surface area contributed by atoms with Crippen molar-refractivity contribution in [3.05, 3.63) is 63.7 Å². The highest BCUT2D eigenvalue weighted by Crippen LogP contribution is 2.24. The zero-order valence-electron chi connectivity index (χ0n) is 22.0. The van der Waals surface area contributed by atoms with Gasteiger partial charge in [0.05, 0.1) is 17.5 Å². The first-order valence-electron chi connectivity index (χ1n) is 12.3. The average molecular weight is 573 g/mol. The van der Waals surface area contributed by atoms with Crippen molar-refractivity contribution in [2.75, 3.05) is 39.5 Å². The Morgan fingerprint density at radius 1 is 1.07 bits per heavy atom. The largest absolute Gasteiger partial charge is 0.492 e. The van der Waals surface area contributed by atoms with E-state index in [2.05, 4.69) is 4.74 Å². The number of benzene rings is 2. The molecule has 0 heterocycles. The number of carboxylic acid groups (broad SMARTS) is 1. The van der Waals surface area contributed by atoms with Crippen LogP contribution in [0.2, 0.25) is 0 Å². The summed E-state index contributed by atoms with van der Waals surface area (Å²) in [5, 5.41) is 20.4. The van der Waals surface area contributed by atoms with Gasteiger partial charge >= 0.3 is 18.2 Å². The summed E-state index contributed by atoms with van der Waals surface area (Å²) in [5.41, 5.74) is 0.851. The SMILES string of the molecule is CCOC(Cc1ccc(OCCN(CCCOCC(F)(F)F)C(=O)Oc2ccc(C)c([N+](=O)[O-])c2)cc1)C(=O)O. The normalized spacial score (nSPS) is 12.0. The highest BCUT2D eigenvalue weighted by molar-refractivity contribution is 5.72. The maximum atomic E-state index is 12.8. The number of alkyl halides is 3. The number of nitro groups is 1. The number of ether oxygens (including phenoxy) is 4. The number of aliphatic carboxylic acids is 1. The van der Waals surface area contributed by atoms with Gasteiger partial charge in [-0.25, -0.2) is 9.59 Å². The molecule has 14 heteroatoms. The Hall–Kier alpha value is -3.91. The molecule has 0 fully saturated rings. The first-order valence-corrected chi connectivity index (χ1v) is 12.3. The van der Waals surface area contributed by atoms with Gasteiger partial charge in [-0.1, -0.05) is 12.1 Å². The average Bonchev–Trinajstić information content (AvgIpc) is 2.88. The van der Waals surface area contributed by atoms with Crippen molar-refractivity contribution < 1.29 is 51.7 Å². The molecule has 0 aliphatic carbocycles. The summed E-state index contributed by atoms with van der Waals surface area (Å²) < 4.78 is 57.7. The van der Waals surface area contributed by atoms with Gasteiger partial charge in [0.25, 0.3) is 5.69 Å². The molecule has 0 radical (unpaired) electrons.